The summed E-state index contributed by atoms with van der Waals surface area (Å²) in [4.78, 5) is 15.1. The molecule has 0 saturated carbocycles. The number of hydrogen-bond acceptors (Lipinski definition) is 5. The van der Waals surface area contributed by atoms with Crippen molar-refractivity contribution in [1.82, 2.24) is 4.90 Å². The van der Waals surface area contributed by atoms with Crippen LogP contribution in [0.3, 0.4) is 0 Å². The van der Waals surface area contributed by atoms with Gasteiger partial charge in [-0.15, -0.1) is 0 Å². The Kier molecular flexibility index (Phi) is 5.38. The first-order valence-electron chi connectivity index (χ1n) is 10.1. The van der Waals surface area contributed by atoms with Gasteiger partial charge in [-0.2, -0.15) is 0 Å². The number of nitrogens with zero attached hydrogens (tertiary/aromatic N) is 1. The van der Waals surface area contributed by atoms with Crippen LogP contribution in [0.4, 0.5) is 0 Å². The Morgan fingerprint density at radius 2 is 1.96 bits per heavy atom. The molecule has 1 atom stereocenters. The zero-order chi connectivity index (χ0) is 19.6. The molecule has 1 aliphatic heterocycles. The first-order chi connectivity index (χ1) is 13.5. The van der Waals surface area contributed by atoms with Crippen LogP contribution < -0.4 is 5.73 Å². The number of piperidine rings is 1. The van der Waals surface area contributed by atoms with Crippen LogP contribution in [0.2, 0.25) is 0 Å². The molecule has 0 spiro atoms. The number of carbonyl (C=O) groups is 1. The van der Waals surface area contributed by atoms with E-state index in [1.54, 1.807) is 6.07 Å². The number of hydrogen-bond donors (Lipinski definition) is 2. The van der Waals surface area contributed by atoms with Gasteiger partial charge in [-0.3, -0.25) is 4.90 Å². The van der Waals surface area contributed by atoms with Crippen molar-refractivity contribution < 1.29 is 14.6 Å². The Balaban J connectivity index is 1.26. The Morgan fingerprint density at radius 3 is 2.75 bits per heavy atom. The van der Waals surface area contributed by atoms with Crippen molar-refractivity contribution in [3.63, 3.8) is 0 Å². The fourth-order valence-electron chi connectivity index (χ4n) is 4.40. The number of phenolic OH excluding ortho intramolecular Hbond substituents is 1. The number of benzene rings is 2. The largest absolute Gasteiger partial charge is 0.508 e. The second kappa shape index (κ2) is 7.94. The van der Waals surface area contributed by atoms with E-state index in [0.717, 1.165) is 55.6 Å². The summed E-state index contributed by atoms with van der Waals surface area (Å²) in [5.41, 5.74) is 8.65. The summed E-state index contributed by atoms with van der Waals surface area (Å²) in [6, 6.07) is 15.3. The molecular weight excluding hydrogens is 352 g/mol. The molecule has 1 fully saturated rings. The molecule has 1 heterocycles. The Morgan fingerprint density at radius 1 is 1.18 bits per heavy atom. The summed E-state index contributed by atoms with van der Waals surface area (Å²) in [5.74, 6) is 0.396. The smallest absolute Gasteiger partial charge is 0.330 e. The van der Waals surface area contributed by atoms with Gasteiger partial charge in [0, 0.05) is 6.54 Å². The van der Waals surface area contributed by atoms with Crippen LogP contribution in [-0.4, -0.2) is 35.7 Å². The molecule has 5 heteroatoms. The third-order valence-corrected chi connectivity index (χ3v) is 6.12. The number of nitrogens with two attached hydrogens (primary N) is 1. The Labute approximate surface area is 166 Å². The summed E-state index contributed by atoms with van der Waals surface area (Å²) in [6.07, 6.45) is 3.45. The van der Waals surface area contributed by atoms with Gasteiger partial charge in [0.25, 0.3) is 0 Å². The maximum Gasteiger partial charge on any atom is 0.330 e. The number of esters is 1. The molecule has 2 aromatic rings. The van der Waals surface area contributed by atoms with Crippen LogP contribution in [0, 0.1) is 5.92 Å². The predicted octanol–water partition coefficient (Wildman–Crippen LogP) is 2.95. The molecule has 28 heavy (non-hydrogen) atoms. The molecule has 0 radical (unpaired) electrons. The molecule has 3 N–H and O–H groups in total. The summed E-state index contributed by atoms with van der Waals surface area (Å²) < 4.78 is 5.68. The minimum atomic E-state index is -0.993. The molecular formula is C23H28N2O3. The van der Waals surface area contributed by atoms with Crippen molar-refractivity contribution in [3.05, 3.63) is 65.2 Å². The van der Waals surface area contributed by atoms with Crippen molar-refractivity contribution in [2.24, 2.45) is 11.7 Å². The predicted molar refractivity (Wildman–Crippen MR) is 108 cm³/mol. The molecule has 1 aliphatic carbocycles. The summed E-state index contributed by atoms with van der Waals surface area (Å²) in [6.45, 7) is 3.21. The van der Waals surface area contributed by atoms with Gasteiger partial charge in [-0.25, -0.2) is 4.79 Å². The first kappa shape index (κ1) is 19.0. The second-order valence-electron chi connectivity index (χ2n) is 8.12. The van der Waals surface area contributed by atoms with Gasteiger partial charge in [-0.1, -0.05) is 36.4 Å². The molecule has 2 aliphatic rings. The number of carbonyl (C=O) groups excluding carboxylic acids is 1. The van der Waals surface area contributed by atoms with E-state index in [9.17, 15) is 9.90 Å². The minimum Gasteiger partial charge on any atom is -0.508 e. The highest BCUT2D eigenvalue weighted by Crippen LogP contribution is 2.36. The first-order valence-corrected chi connectivity index (χ1v) is 10.1. The number of fused-ring (bicyclic) bond motifs is 1. The monoisotopic (exact) mass is 380 g/mol. The van der Waals surface area contributed by atoms with E-state index >= 15 is 0 Å². The lowest BCUT2D eigenvalue weighted by atomic mass is 9.93. The number of phenols is 1. The van der Waals surface area contributed by atoms with Crippen molar-refractivity contribution >= 4 is 5.97 Å². The molecule has 1 saturated heterocycles. The summed E-state index contributed by atoms with van der Waals surface area (Å²) in [5, 5.41) is 9.60. The molecule has 4 rings (SSSR count). The quantitative estimate of drug-likeness (QED) is 0.780. The van der Waals surface area contributed by atoms with E-state index in [2.05, 4.69) is 4.90 Å². The molecule has 1 unspecified atom stereocenters. The van der Waals surface area contributed by atoms with Crippen molar-refractivity contribution in [3.8, 4) is 5.75 Å². The van der Waals surface area contributed by atoms with Gasteiger partial charge in [0.15, 0.2) is 0 Å². The average Bonchev–Trinajstić information content (AvgIpc) is 3.06. The lowest BCUT2D eigenvalue weighted by molar-refractivity contribution is -0.152. The fraction of sp³-hybridized carbons (Fsp3) is 0.435. The summed E-state index contributed by atoms with van der Waals surface area (Å²) >= 11 is 0. The minimum absolute atomic E-state index is 0.292. The van der Waals surface area contributed by atoms with Crippen LogP contribution in [0.15, 0.2) is 48.5 Å². The van der Waals surface area contributed by atoms with Crippen molar-refractivity contribution in [2.75, 3.05) is 19.7 Å². The number of rotatable bonds is 5. The molecule has 5 nitrogen and oxygen atoms in total. The van der Waals surface area contributed by atoms with Crippen LogP contribution in [0.5, 0.6) is 5.75 Å². The fourth-order valence-corrected chi connectivity index (χ4v) is 4.40. The van der Waals surface area contributed by atoms with E-state index in [0.29, 0.717) is 24.7 Å². The van der Waals surface area contributed by atoms with Gasteiger partial charge in [0.1, 0.15) is 11.3 Å². The topological polar surface area (TPSA) is 75.8 Å². The molecule has 148 valence electrons. The number of aryl methyl sites for hydroxylation is 1. The SMILES string of the molecule is NC1(C(=O)OCC2CCN(Cc3cccc(O)c3)CC2)CCc2ccccc21. The highest BCUT2D eigenvalue weighted by Gasteiger charge is 2.43. The van der Waals surface area contributed by atoms with Gasteiger partial charge < -0.3 is 15.6 Å². The van der Waals surface area contributed by atoms with E-state index in [4.69, 9.17) is 10.5 Å². The summed E-state index contributed by atoms with van der Waals surface area (Å²) in [7, 11) is 0. The average molecular weight is 380 g/mol. The molecule has 2 aromatic carbocycles. The zero-order valence-electron chi connectivity index (χ0n) is 16.1. The molecule has 0 bridgehead atoms. The highest BCUT2D eigenvalue weighted by molar-refractivity contribution is 5.84. The third kappa shape index (κ3) is 3.91. The van der Waals surface area contributed by atoms with Crippen molar-refractivity contribution in [1.29, 1.82) is 0 Å². The number of likely N-dealkylation sites (tertiary alicyclic amines) is 1. The maximum atomic E-state index is 12.7. The normalized spacial score (nSPS) is 22.8. The molecule has 0 aromatic heterocycles. The van der Waals surface area contributed by atoms with Gasteiger partial charge >= 0.3 is 5.97 Å². The van der Waals surface area contributed by atoms with E-state index in [1.807, 2.05) is 42.5 Å². The van der Waals surface area contributed by atoms with E-state index in [1.165, 1.54) is 0 Å². The third-order valence-electron chi connectivity index (χ3n) is 6.12. The van der Waals surface area contributed by atoms with Gasteiger partial charge in [-0.05, 0) is 73.5 Å². The zero-order valence-corrected chi connectivity index (χ0v) is 16.1. The van der Waals surface area contributed by atoms with Gasteiger partial charge in [0.2, 0.25) is 0 Å². The lowest BCUT2D eigenvalue weighted by Crippen LogP contribution is -2.45. The van der Waals surface area contributed by atoms with Gasteiger partial charge in [0.05, 0.1) is 6.61 Å². The highest BCUT2D eigenvalue weighted by atomic mass is 16.5. The number of aromatic hydroxyl groups is 1. The van der Waals surface area contributed by atoms with Crippen LogP contribution >= 0.6 is 0 Å². The van der Waals surface area contributed by atoms with Crippen LogP contribution in [-0.2, 0) is 28.0 Å². The second-order valence-corrected chi connectivity index (χ2v) is 8.12. The van der Waals surface area contributed by atoms with E-state index < -0.39 is 5.54 Å². The number of ether oxygens (including phenoxy) is 1. The van der Waals surface area contributed by atoms with Crippen molar-refractivity contribution in [2.45, 2.75) is 37.8 Å². The van der Waals surface area contributed by atoms with Crippen LogP contribution in [0.25, 0.3) is 0 Å². The van der Waals surface area contributed by atoms with E-state index in [-0.39, 0.29) is 5.97 Å². The standard InChI is InChI=1S/C23H28N2O3/c24-23(11-8-19-5-1-2-7-21(19)23)22(27)28-16-17-9-12-25(13-10-17)15-18-4-3-6-20(26)14-18/h1-7,14,17,26H,8-13,15-16,24H2. The maximum absolute atomic E-state index is 12.7. The lowest BCUT2D eigenvalue weighted by Gasteiger charge is -2.32. The van der Waals surface area contributed by atoms with Crippen LogP contribution in [0.1, 0.15) is 36.0 Å². The Bertz CT molecular complexity index is 845. The molecule has 0 amide bonds. The Hall–Kier alpha value is -2.37.